The summed E-state index contributed by atoms with van der Waals surface area (Å²) in [7, 11) is -4.77. The summed E-state index contributed by atoms with van der Waals surface area (Å²) >= 11 is 0. The number of aliphatic hydroxyl groups is 1. The molecule has 0 aromatic carbocycles. The molecule has 0 aromatic rings. The van der Waals surface area contributed by atoms with Crippen LogP contribution in [0.2, 0.25) is 0 Å². The van der Waals surface area contributed by atoms with Crippen LogP contribution in [0.15, 0.2) is 0 Å². The quantitative estimate of drug-likeness (QED) is 0.375. The molecule has 0 saturated heterocycles. The average molecular weight is 231 g/mol. The Morgan fingerprint density at radius 1 is 1.57 bits per heavy atom. The molecule has 0 heterocycles. The first-order chi connectivity index (χ1) is 5.89. The first kappa shape index (κ1) is 14.3. The minimum absolute atomic E-state index is 0. The molecule has 14 heavy (non-hydrogen) atoms. The molecule has 1 amide bonds. The Morgan fingerprint density at radius 3 is 2.43 bits per heavy atom. The van der Waals surface area contributed by atoms with Crippen molar-refractivity contribution in [2.75, 3.05) is 0 Å². The van der Waals surface area contributed by atoms with Crippen LogP contribution in [0.25, 0.3) is 0 Å². The van der Waals surface area contributed by atoms with Crippen LogP contribution in [0.1, 0.15) is 19.3 Å². The van der Waals surface area contributed by atoms with Gasteiger partial charge in [-0.15, -0.1) is 0 Å². The summed E-state index contributed by atoms with van der Waals surface area (Å²) in [5, 5.41) is 11.2. The van der Waals surface area contributed by atoms with Gasteiger partial charge in [0.15, 0.2) is 5.44 Å². The molecule has 0 spiro atoms. The third kappa shape index (κ3) is 5.28. The second-order valence-corrected chi connectivity index (χ2v) is 4.52. The van der Waals surface area contributed by atoms with Gasteiger partial charge in [0, 0.05) is 6.04 Å². The Kier molecular flexibility index (Phi) is 5.56. The summed E-state index contributed by atoms with van der Waals surface area (Å²) in [6, 6.07) is 0.0917. The van der Waals surface area contributed by atoms with Gasteiger partial charge < -0.3 is 15.0 Å². The van der Waals surface area contributed by atoms with Crippen molar-refractivity contribution in [1.82, 2.24) is 5.32 Å². The molecular weight excluding hydrogens is 221 g/mol. The second kappa shape index (κ2) is 5.43. The minimum Gasteiger partial charge on any atom is -0.746 e. The third-order valence-electron chi connectivity index (χ3n) is 1.64. The van der Waals surface area contributed by atoms with E-state index in [1.165, 1.54) is 0 Å². The van der Waals surface area contributed by atoms with E-state index in [1.807, 2.05) is 0 Å². The van der Waals surface area contributed by atoms with Crippen molar-refractivity contribution >= 4 is 16.0 Å². The fraction of sp³-hybridized carbons (Fsp3) is 0.833. The Morgan fingerprint density at radius 2 is 2.07 bits per heavy atom. The van der Waals surface area contributed by atoms with Gasteiger partial charge in [-0.05, 0) is 12.8 Å². The number of carbonyl (C=O) groups is 1. The van der Waals surface area contributed by atoms with Crippen LogP contribution >= 0.6 is 0 Å². The van der Waals surface area contributed by atoms with Crippen molar-refractivity contribution in [3.05, 3.63) is 0 Å². The molecule has 2 N–H and O–H groups in total. The normalized spacial score (nSPS) is 18.1. The summed E-state index contributed by atoms with van der Waals surface area (Å²) < 4.78 is 30.5. The molecule has 8 heteroatoms. The fourth-order valence-corrected chi connectivity index (χ4v) is 1.13. The van der Waals surface area contributed by atoms with E-state index in [4.69, 9.17) is 5.11 Å². The smallest absolute Gasteiger partial charge is 0.746 e. The van der Waals surface area contributed by atoms with Crippen molar-refractivity contribution in [2.45, 2.75) is 30.7 Å². The Bertz CT molecular complexity index is 299. The molecular formula is C6H10NNaO5S. The molecule has 1 unspecified atom stereocenters. The van der Waals surface area contributed by atoms with Crippen molar-refractivity contribution in [3.8, 4) is 0 Å². The predicted octanol–water partition coefficient (Wildman–Crippen LogP) is -4.48. The van der Waals surface area contributed by atoms with E-state index < -0.39 is 27.9 Å². The topological polar surface area (TPSA) is 107 Å². The summed E-state index contributed by atoms with van der Waals surface area (Å²) in [5.41, 5.74) is -2.13. The van der Waals surface area contributed by atoms with E-state index in [9.17, 15) is 17.8 Å². The largest absolute Gasteiger partial charge is 1.00 e. The zero-order valence-corrected chi connectivity index (χ0v) is 10.6. The van der Waals surface area contributed by atoms with E-state index in [1.54, 1.807) is 0 Å². The number of hydrogen-bond acceptors (Lipinski definition) is 5. The van der Waals surface area contributed by atoms with Crippen LogP contribution in [0, 0.1) is 0 Å². The van der Waals surface area contributed by atoms with Crippen LogP contribution in [-0.2, 0) is 14.9 Å². The molecule has 0 aliphatic heterocycles. The van der Waals surface area contributed by atoms with Crippen molar-refractivity contribution in [1.29, 1.82) is 0 Å². The maximum atomic E-state index is 10.9. The van der Waals surface area contributed by atoms with Gasteiger partial charge in [-0.2, -0.15) is 0 Å². The predicted molar refractivity (Wildman–Crippen MR) is 41.5 cm³/mol. The van der Waals surface area contributed by atoms with E-state index in [2.05, 4.69) is 5.32 Å². The zero-order valence-electron chi connectivity index (χ0n) is 7.76. The monoisotopic (exact) mass is 231 g/mol. The average Bonchev–Trinajstić information content (AvgIpc) is 2.68. The van der Waals surface area contributed by atoms with Gasteiger partial charge in [-0.3, -0.25) is 4.79 Å². The molecule has 1 aliphatic carbocycles. The molecule has 1 aliphatic rings. The van der Waals surface area contributed by atoms with Crippen molar-refractivity contribution in [3.63, 3.8) is 0 Å². The third-order valence-corrected chi connectivity index (χ3v) is 2.47. The minimum atomic E-state index is -4.77. The number of rotatable bonds is 4. The van der Waals surface area contributed by atoms with Gasteiger partial charge in [-0.1, -0.05) is 0 Å². The summed E-state index contributed by atoms with van der Waals surface area (Å²) in [6.07, 6.45) is 1.06. The number of aliphatic hydroxyl groups excluding tert-OH is 1. The second-order valence-electron chi connectivity index (χ2n) is 2.99. The van der Waals surface area contributed by atoms with E-state index in [-0.39, 0.29) is 35.6 Å². The van der Waals surface area contributed by atoms with Crippen LogP contribution < -0.4 is 34.9 Å². The SMILES string of the molecule is O=C(CC(O)S(=O)(=O)[O-])NC1CC1.[Na+]. The first-order valence-corrected chi connectivity index (χ1v) is 5.29. The number of hydrogen-bond donors (Lipinski definition) is 2. The standard InChI is InChI=1S/C6H11NO5S.Na/c8-5(7-4-1-2-4)3-6(9)13(10,11)12;/h4,6,9H,1-3H2,(H,7,8)(H,10,11,12);/q;+1/p-1. The van der Waals surface area contributed by atoms with E-state index >= 15 is 0 Å². The summed E-state index contributed by atoms with van der Waals surface area (Å²) in [4.78, 5) is 10.9. The van der Waals surface area contributed by atoms with Crippen molar-refractivity contribution < 1.29 is 52.4 Å². The Hall–Kier alpha value is 0.340. The molecule has 0 bridgehead atoms. The van der Waals surface area contributed by atoms with Gasteiger partial charge in [-0.25, -0.2) is 8.42 Å². The molecule has 76 valence electrons. The molecule has 1 atom stereocenters. The van der Waals surface area contributed by atoms with Gasteiger partial charge in [0.1, 0.15) is 10.1 Å². The Balaban J connectivity index is 0.00000169. The van der Waals surface area contributed by atoms with Gasteiger partial charge in [0.2, 0.25) is 5.91 Å². The van der Waals surface area contributed by atoms with Crippen molar-refractivity contribution in [2.24, 2.45) is 0 Å². The van der Waals surface area contributed by atoms with Gasteiger partial charge >= 0.3 is 29.6 Å². The van der Waals surface area contributed by atoms with Gasteiger partial charge in [0.25, 0.3) is 0 Å². The van der Waals surface area contributed by atoms with E-state index in [0.29, 0.717) is 0 Å². The molecule has 1 saturated carbocycles. The molecule has 1 rings (SSSR count). The molecule has 1 fully saturated rings. The summed E-state index contributed by atoms with van der Waals surface area (Å²) in [6.45, 7) is 0. The maximum Gasteiger partial charge on any atom is 1.00 e. The van der Waals surface area contributed by atoms with Crippen LogP contribution in [0.5, 0.6) is 0 Å². The van der Waals surface area contributed by atoms with E-state index in [0.717, 1.165) is 12.8 Å². The number of nitrogens with one attached hydrogen (secondary N) is 1. The fourth-order valence-electron chi connectivity index (χ4n) is 0.775. The summed E-state index contributed by atoms with van der Waals surface area (Å²) in [5.74, 6) is -0.602. The van der Waals surface area contributed by atoms with Crippen LogP contribution in [0.4, 0.5) is 0 Å². The van der Waals surface area contributed by atoms with Crippen LogP contribution in [0.3, 0.4) is 0 Å². The zero-order chi connectivity index (χ0) is 10.1. The number of amides is 1. The molecule has 6 nitrogen and oxygen atoms in total. The number of carbonyl (C=O) groups excluding carboxylic acids is 1. The molecule has 0 radical (unpaired) electrons. The maximum absolute atomic E-state index is 10.9. The molecule has 0 aromatic heterocycles. The van der Waals surface area contributed by atoms with Crippen LogP contribution in [-0.4, -0.2) is 35.5 Å². The Labute approximate surface area is 104 Å². The van der Waals surface area contributed by atoms with Gasteiger partial charge in [0.05, 0.1) is 6.42 Å². The first-order valence-electron chi connectivity index (χ1n) is 3.81.